The molecule has 1 aliphatic rings. The van der Waals surface area contributed by atoms with Crippen molar-refractivity contribution in [2.24, 2.45) is 4.99 Å². The predicted octanol–water partition coefficient (Wildman–Crippen LogP) is 4.69. The molecule has 0 unspecified atom stereocenters. The maximum absolute atomic E-state index is 4.38. The lowest BCUT2D eigenvalue weighted by atomic mass is 10.1. The molecule has 0 radical (unpaired) electrons. The number of rotatable bonds is 1. The number of hydrogen-bond acceptors (Lipinski definition) is 2. The van der Waals surface area contributed by atoms with Crippen LogP contribution in [0.4, 0.5) is 0 Å². The van der Waals surface area contributed by atoms with Crippen molar-refractivity contribution in [3.05, 3.63) is 35.7 Å². The van der Waals surface area contributed by atoms with E-state index in [1.807, 2.05) is 47.0 Å². The van der Waals surface area contributed by atoms with E-state index in [4.69, 9.17) is 0 Å². The van der Waals surface area contributed by atoms with Gasteiger partial charge in [-0.05, 0) is 31.4 Å². The minimum absolute atomic E-state index is 0.936. The first-order valence-corrected chi connectivity index (χ1v) is 6.99. The standard InChI is InChI=1S/C12H14N2.2C2H6/c1-10-5-6-12(14-8-10)11-4-2-3-7-13-9-11;2*1-2/h4-6,8-9H,2-3,7H2,1H3;2*1-2H3. The van der Waals surface area contributed by atoms with Gasteiger partial charge in [0.15, 0.2) is 0 Å². The van der Waals surface area contributed by atoms with Gasteiger partial charge in [-0.1, -0.05) is 39.8 Å². The van der Waals surface area contributed by atoms with Gasteiger partial charge in [0.2, 0.25) is 0 Å². The number of hydrogen-bond donors (Lipinski definition) is 0. The molecule has 2 heteroatoms. The fourth-order valence-corrected chi connectivity index (χ4v) is 1.47. The molecule has 0 fully saturated rings. The fourth-order valence-electron chi connectivity index (χ4n) is 1.47. The minimum atomic E-state index is 0.936. The van der Waals surface area contributed by atoms with E-state index in [1.165, 1.54) is 5.56 Å². The van der Waals surface area contributed by atoms with Crippen LogP contribution in [-0.2, 0) is 0 Å². The molecule has 0 spiro atoms. The first-order chi connectivity index (χ1) is 8.86. The third-order valence-electron chi connectivity index (χ3n) is 2.29. The topological polar surface area (TPSA) is 25.2 Å². The monoisotopic (exact) mass is 246 g/mol. The highest BCUT2D eigenvalue weighted by Gasteiger charge is 2.01. The zero-order valence-electron chi connectivity index (χ0n) is 12.4. The summed E-state index contributed by atoms with van der Waals surface area (Å²) in [5, 5.41) is 0. The summed E-state index contributed by atoms with van der Waals surface area (Å²) in [6, 6.07) is 4.14. The second kappa shape index (κ2) is 10.7. The molecule has 1 aromatic rings. The maximum Gasteiger partial charge on any atom is 0.0714 e. The quantitative estimate of drug-likeness (QED) is 0.705. The average molecular weight is 246 g/mol. The molecule has 0 amide bonds. The summed E-state index contributed by atoms with van der Waals surface area (Å²) in [5.41, 5.74) is 3.38. The lowest BCUT2D eigenvalue weighted by Gasteiger charge is -2.00. The van der Waals surface area contributed by atoms with E-state index in [-0.39, 0.29) is 0 Å². The van der Waals surface area contributed by atoms with Crippen LogP contribution in [0, 0.1) is 6.92 Å². The summed E-state index contributed by atoms with van der Waals surface area (Å²) < 4.78 is 0. The van der Waals surface area contributed by atoms with Gasteiger partial charge in [-0.2, -0.15) is 0 Å². The Bertz CT molecular complexity index is 361. The van der Waals surface area contributed by atoms with Crippen molar-refractivity contribution in [3.63, 3.8) is 0 Å². The number of aromatic nitrogens is 1. The molecule has 0 saturated carbocycles. The summed E-state index contributed by atoms with van der Waals surface area (Å²) in [7, 11) is 0. The van der Waals surface area contributed by atoms with Crippen molar-refractivity contribution in [2.45, 2.75) is 47.5 Å². The van der Waals surface area contributed by atoms with Crippen molar-refractivity contribution < 1.29 is 0 Å². The van der Waals surface area contributed by atoms with Crippen LogP contribution in [0.3, 0.4) is 0 Å². The van der Waals surface area contributed by atoms with Gasteiger partial charge in [0.25, 0.3) is 0 Å². The van der Waals surface area contributed by atoms with Crippen molar-refractivity contribution in [1.82, 2.24) is 4.98 Å². The Morgan fingerprint density at radius 3 is 2.39 bits per heavy atom. The summed E-state index contributed by atoms with van der Waals surface area (Å²) in [5.74, 6) is 0. The van der Waals surface area contributed by atoms with Crippen molar-refractivity contribution in [2.75, 3.05) is 6.54 Å². The van der Waals surface area contributed by atoms with Crippen molar-refractivity contribution >= 4 is 11.8 Å². The van der Waals surface area contributed by atoms with Crippen molar-refractivity contribution in [3.8, 4) is 0 Å². The molecule has 100 valence electrons. The van der Waals surface area contributed by atoms with Crippen LogP contribution in [0.5, 0.6) is 0 Å². The molecule has 0 aliphatic carbocycles. The molecular weight excluding hydrogens is 220 g/mol. The molecule has 1 aromatic heterocycles. The van der Waals surface area contributed by atoms with E-state index in [0.717, 1.165) is 30.7 Å². The molecule has 0 N–H and O–H groups in total. The molecule has 2 nitrogen and oxygen atoms in total. The maximum atomic E-state index is 4.38. The van der Waals surface area contributed by atoms with Crippen LogP contribution < -0.4 is 0 Å². The second-order valence-corrected chi connectivity index (χ2v) is 3.56. The van der Waals surface area contributed by atoms with Crippen LogP contribution in [0.1, 0.15) is 51.8 Å². The van der Waals surface area contributed by atoms with Gasteiger partial charge < -0.3 is 0 Å². The van der Waals surface area contributed by atoms with E-state index in [9.17, 15) is 0 Å². The molecule has 2 heterocycles. The zero-order chi connectivity index (χ0) is 13.8. The predicted molar refractivity (Wildman–Crippen MR) is 82.2 cm³/mol. The SMILES string of the molecule is CC.CC.Cc1ccc(C2=CCCCN=C2)nc1. The Labute approximate surface area is 112 Å². The number of aryl methyl sites for hydroxylation is 1. The number of pyridine rings is 1. The van der Waals surface area contributed by atoms with Gasteiger partial charge in [-0.15, -0.1) is 0 Å². The van der Waals surface area contributed by atoms with Gasteiger partial charge in [-0.25, -0.2) is 0 Å². The molecular formula is C16H26N2. The minimum Gasteiger partial charge on any atom is -0.292 e. The van der Waals surface area contributed by atoms with E-state index in [0.29, 0.717) is 0 Å². The lowest BCUT2D eigenvalue weighted by molar-refractivity contribution is 0.866. The normalized spacial score (nSPS) is 13.3. The highest BCUT2D eigenvalue weighted by Crippen LogP contribution is 2.13. The lowest BCUT2D eigenvalue weighted by Crippen LogP contribution is -1.90. The van der Waals surface area contributed by atoms with Crippen LogP contribution in [0.25, 0.3) is 5.57 Å². The van der Waals surface area contributed by atoms with E-state index < -0.39 is 0 Å². The van der Waals surface area contributed by atoms with Crippen LogP contribution in [0.15, 0.2) is 29.4 Å². The average Bonchev–Trinajstić information content (AvgIpc) is 2.73. The van der Waals surface area contributed by atoms with Gasteiger partial charge in [0.1, 0.15) is 0 Å². The van der Waals surface area contributed by atoms with E-state index in [2.05, 4.69) is 28.2 Å². The molecule has 2 rings (SSSR count). The number of aliphatic imine (C=N–C) groups is 1. The van der Waals surface area contributed by atoms with Gasteiger partial charge in [0.05, 0.1) is 5.69 Å². The highest BCUT2D eigenvalue weighted by atomic mass is 14.7. The number of allylic oxidation sites excluding steroid dienone is 2. The Hall–Kier alpha value is -1.44. The largest absolute Gasteiger partial charge is 0.292 e. The summed E-state index contributed by atoms with van der Waals surface area (Å²) in [6.07, 6.45) is 8.30. The first-order valence-electron chi connectivity index (χ1n) is 6.99. The van der Waals surface area contributed by atoms with E-state index >= 15 is 0 Å². The summed E-state index contributed by atoms with van der Waals surface area (Å²) in [4.78, 5) is 8.70. The molecule has 1 aliphatic heterocycles. The zero-order valence-corrected chi connectivity index (χ0v) is 12.4. The smallest absolute Gasteiger partial charge is 0.0714 e. The van der Waals surface area contributed by atoms with E-state index in [1.54, 1.807) is 0 Å². The van der Waals surface area contributed by atoms with Gasteiger partial charge >= 0.3 is 0 Å². The molecule has 0 saturated heterocycles. The summed E-state index contributed by atoms with van der Waals surface area (Å²) in [6.45, 7) is 11.0. The summed E-state index contributed by atoms with van der Waals surface area (Å²) >= 11 is 0. The first kappa shape index (κ1) is 16.6. The third-order valence-corrected chi connectivity index (χ3v) is 2.29. The van der Waals surface area contributed by atoms with Crippen LogP contribution in [0.2, 0.25) is 0 Å². The Morgan fingerprint density at radius 2 is 1.78 bits per heavy atom. The Kier molecular flexibility index (Phi) is 9.84. The molecule has 0 bridgehead atoms. The second-order valence-electron chi connectivity index (χ2n) is 3.56. The third kappa shape index (κ3) is 5.76. The van der Waals surface area contributed by atoms with Gasteiger partial charge in [-0.3, -0.25) is 9.98 Å². The fraction of sp³-hybridized carbons (Fsp3) is 0.500. The van der Waals surface area contributed by atoms with Crippen molar-refractivity contribution in [1.29, 1.82) is 0 Å². The van der Waals surface area contributed by atoms with Gasteiger partial charge in [0, 0.05) is 24.5 Å². The Balaban J connectivity index is 0.000000659. The molecule has 0 atom stereocenters. The molecule has 0 aromatic carbocycles. The van der Waals surface area contributed by atoms with Crippen LogP contribution >= 0.6 is 0 Å². The number of nitrogens with zero attached hydrogens (tertiary/aromatic N) is 2. The Morgan fingerprint density at radius 1 is 1.06 bits per heavy atom. The van der Waals surface area contributed by atoms with Crippen LogP contribution in [-0.4, -0.2) is 17.7 Å². The molecule has 18 heavy (non-hydrogen) atoms. The highest BCUT2D eigenvalue weighted by molar-refractivity contribution is 6.09.